The number of aryl methyl sites for hydroxylation is 2. The summed E-state index contributed by atoms with van der Waals surface area (Å²) in [7, 11) is 0. The number of para-hydroxylation sites is 1. The lowest BCUT2D eigenvalue weighted by Crippen LogP contribution is -2.35. The average Bonchev–Trinajstić information content (AvgIpc) is 2.47. The molecule has 2 rings (SSSR count). The molecule has 0 spiro atoms. The molecule has 0 radical (unpaired) electrons. The van der Waals surface area contributed by atoms with E-state index in [1.807, 2.05) is 69.3 Å². The summed E-state index contributed by atoms with van der Waals surface area (Å²) in [6, 6.07) is 16.0. The minimum absolute atomic E-state index is 0.0753. The van der Waals surface area contributed by atoms with E-state index >= 15 is 0 Å². The smallest absolute Gasteiger partial charge is 0.246 e. The Morgan fingerprint density at radius 2 is 1.86 bits per heavy atom. The summed E-state index contributed by atoms with van der Waals surface area (Å²) in [4.78, 5) is 14.2. The van der Waals surface area contributed by atoms with Crippen LogP contribution in [0, 0.1) is 13.8 Å². The van der Waals surface area contributed by atoms with Crippen LogP contribution in [-0.4, -0.2) is 19.0 Å². The summed E-state index contributed by atoms with van der Waals surface area (Å²) in [5.41, 5.74) is 4.26. The van der Waals surface area contributed by atoms with Crippen LogP contribution in [0.4, 0.5) is 11.4 Å². The maximum atomic E-state index is 12.4. The van der Waals surface area contributed by atoms with Gasteiger partial charge in [-0.3, -0.25) is 4.79 Å². The number of hydrogen-bond donors (Lipinski definition) is 1. The van der Waals surface area contributed by atoms with Crippen molar-refractivity contribution in [2.45, 2.75) is 20.8 Å². The molecule has 0 unspecified atom stereocenters. The molecule has 1 amide bonds. The van der Waals surface area contributed by atoms with E-state index in [1.165, 1.54) is 0 Å². The van der Waals surface area contributed by atoms with Gasteiger partial charge in [0.25, 0.3) is 0 Å². The maximum Gasteiger partial charge on any atom is 0.246 e. The molecule has 0 fully saturated rings. The van der Waals surface area contributed by atoms with Crippen LogP contribution in [0.25, 0.3) is 0 Å². The van der Waals surface area contributed by atoms with Gasteiger partial charge < -0.3 is 10.2 Å². The Kier molecular flexibility index (Phi) is 4.99. The SMILES string of the molecule is CCN(C(=O)CNc1ccccc1C)c1cccc(C)c1. The van der Waals surface area contributed by atoms with Gasteiger partial charge >= 0.3 is 0 Å². The van der Waals surface area contributed by atoms with Crippen molar-refractivity contribution in [2.75, 3.05) is 23.3 Å². The Hall–Kier alpha value is -2.29. The Balaban J connectivity index is 2.06. The summed E-state index contributed by atoms with van der Waals surface area (Å²) >= 11 is 0. The van der Waals surface area contributed by atoms with Crippen molar-refractivity contribution in [2.24, 2.45) is 0 Å². The number of nitrogens with zero attached hydrogens (tertiary/aromatic N) is 1. The Morgan fingerprint density at radius 1 is 1.10 bits per heavy atom. The Bertz CT molecular complexity index is 622. The van der Waals surface area contributed by atoms with Gasteiger partial charge in [-0.2, -0.15) is 0 Å². The third-order valence-corrected chi connectivity index (χ3v) is 3.51. The number of anilines is 2. The highest BCUT2D eigenvalue weighted by Crippen LogP contribution is 2.17. The summed E-state index contributed by atoms with van der Waals surface area (Å²) < 4.78 is 0. The molecule has 2 aromatic carbocycles. The molecule has 3 heteroatoms. The number of carbonyl (C=O) groups excluding carboxylic acids is 1. The van der Waals surface area contributed by atoms with Crippen molar-refractivity contribution in [1.29, 1.82) is 0 Å². The van der Waals surface area contributed by atoms with Crippen LogP contribution in [0.1, 0.15) is 18.1 Å². The first-order valence-electron chi connectivity index (χ1n) is 7.28. The number of hydrogen-bond acceptors (Lipinski definition) is 2. The van der Waals surface area contributed by atoms with Gasteiger partial charge in [0.1, 0.15) is 0 Å². The second-order valence-electron chi connectivity index (χ2n) is 5.15. The third-order valence-electron chi connectivity index (χ3n) is 3.51. The molecule has 0 aromatic heterocycles. The lowest BCUT2D eigenvalue weighted by molar-refractivity contribution is -0.116. The minimum atomic E-state index is 0.0753. The molecule has 0 saturated heterocycles. The Labute approximate surface area is 126 Å². The van der Waals surface area contributed by atoms with Crippen LogP contribution in [0.3, 0.4) is 0 Å². The topological polar surface area (TPSA) is 32.3 Å². The Morgan fingerprint density at radius 3 is 2.52 bits per heavy atom. The monoisotopic (exact) mass is 282 g/mol. The first-order chi connectivity index (χ1) is 10.1. The summed E-state index contributed by atoms with van der Waals surface area (Å²) in [6.45, 7) is 7.02. The fourth-order valence-electron chi connectivity index (χ4n) is 2.34. The van der Waals surface area contributed by atoms with Gasteiger partial charge in [0, 0.05) is 17.9 Å². The summed E-state index contributed by atoms with van der Waals surface area (Å²) in [5, 5.41) is 3.22. The zero-order valence-electron chi connectivity index (χ0n) is 12.9. The van der Waals surface area contributed by atoms with Gasteiger partial charge in [-0.1, -0.05) is 30.3 Å². The van der Waals surface area contributed by atoms with E-state index in [2.05, 4.69) is 5.32 Å². The molecule has 110 valence electrons. The van der Waals surface area contributed by atoms with Gasteiger partial charge in [-0.15, -0.1) is 0 Å². The lowest BCUT2D eigenvalue weighted by atomic mass is 10.2. The first kappa shape index (κ1) is 15.1. The zero-order chi connectivity index (χ0) is 15.2. The number of amides is 1. The van der Waals surface area contributed by atoms with Gasteiger partial charge in [0.15, 0.2) is 0 Å². The fourth-order valence-corrected chi connectivity index (χ4v) is 2.34. The highest BCUT2D eigenvalue weighted by molar-refractivity contribution is 5.96. The molecule has 0 aliphatic heterocycles. The largest absolute Gasteiger partial charge is 0.376 e. The molecule has 0 bridgehead atoms. The normalized spacial score (nSPS) is 10.2. The van der Waals surface area contributed by atoms with Crippen molar-refractivity contribution in [3.8, 4) is 0 Å². The predicted octanol–water partition coefficient (Wildman–Crippen LogP) is 3.77. The van der Waals surface area contributed by atoms with Crippen molar-refractivity contribution < 1.29 is 4.79 Å². The second kappa shape index (κ2) is 6.93. The van der Waals surface area contributed by atoms with Crippen molar-refractivity contribution in [3.63, 3.8) is 0 Å². The average molecular weight is 282 g/mol. The molecule has 1 N–H and O–H groups in total. The zero-order valence-corrected chi connectivity index (χ0v) is 12.9. The maximum absolute atomic E-state index is 12.4. The molecule has 0 aliphatic rings. The lowest BCUT2D eigenvalue weighted by Gasteiger charge is -2.22. The second-order valence-corrected chi connectivity index (χ2v) is 5.15. The number of carbonyl (C=O) groups is 1. The van der Waals surface area contributed by atoms with Crippen LogP contribution in [0.2, 0.25) is 0 Å². The summed E-state index contributed by atoms with van der Waals surface area (Å²) in [6.07, 6.45) is 0. The molecule has 0 heterocycles. The minimum Gasteiger partial charge on any atom is -0.376 e. The first-order valence-corrected chi connectivity index (χ1v) is 7.28. The van der Waals surface area contributed by atoms with Crippen LogP contribution in [0.5, 0.6) is 0 Å². The van der Waals surface area contributed by atoms with E-state index in [1.54, 1.807) is 4.90 Å². The highest BCUT2D eigenvalue weighted by Gasteiger charge is 2.13. The third kappa shape index (κ3) is 3.85. The van der Waals surface area contributed by atoms with Crippen molar-refractivity contribution >= 4 is 17.3 Å². The van der Waals surface area contributed by atoms with Crippen LogP contribution in [0.15, 0.2) is 48.5 Å². The summed E-state index contributed by atoms with van der Waals surface area (Å²) in [5.74, 6) is 0.0753. The van der Waals surface area contributed by atoms with Gasteiger partial charge in [-0.25, -0.2) is 0 Å². The predicted molar refractivity (Wildman–Crippen MR) is 88.9 cm³/mol. The molecular formula is C18H22N2O. The van der Waals surface area contributed by atoms with E-state index < -0.39 is 0 Å². The molecule has 0 saturated carbocycles. The fraction of sp³-hybridized carbons (Fsp3) is 0.278. The molecule has 3 nitrogen and oxygen atoms in total. The van der Waals surface area contributed by atoms with Crippen molar-refractivity contribution in [1.82, 2.24) is 0 Å². The van der Waals surface area contributed by atoms with Crippen LogP contribution >= 0.6 is 0 Å². The molecule has 0 aliphatic carbocycles. The van der Waals surface area contributed by atoms with Gasteiger partial charge in [0.05, 0.1) is 6.54 Å². The molecule has 2 aromatic rings. The number of likely N-dealkylation sites (N-methyl/N-ethyl adjacent to an activating group) is 1. The quantitative estimate of drug-likeness (QED) is 0.905. The number of nitrogens with one attached hydrogen (secondary N) is 1. The standard InChI is InChI=1S/C18H22N2O/c1-4-20(16-10-7-8-14(2)12-16)18(21)13-19-17-11-6-5-9-15(17)3/h5-12,19H,4,13H2,1-3H3. The number of rotatable bonds is 5. The van der Waals surface area contributed by atoms with E-state index in [0.717, 1.165) is 22.5 Å². The van der Waals surface area contributed by atoms with Crippen LogP contribution in [-0.2, 0) is 4.79 Å². The van der Waals surface area contributed by atoms with E-state index in [-0.39, 0.29) is 5.91 Å². The van der Waals surface area contributed by atoms with Gasteiger partial charge in [0.2, 0.25) is 5.91 Å². The number of benzene rings is 2. The molecular weight excluding hydrogens is 260 g/mol. The van der Waals surface area contributed by atoms with E-state index in [9.17, 15) is 4.79 Å². The van der Waals surface area contributed by atoms with Gasteiger partial charge in [-0.05, 0) is 50.1 Å². The van der Waals surface area contributed by atoms with Crippen molar-refractivity contribution in [3.05, 3.63) is 59.7 Å². The van der Waals surface area contributed by atoms with Crippen LogP contribution < -0.4 is 10.2 Å². The van der Waals surface area contributed by atoms with E-state index in [4.69, 9.17) is 0 Å². The highest BCUT2D eigenvalue weighted by atomic mass is 16.2. The molecule has 0 atom stereocenters. The van der Waals surface area contributed by atoms with E-state index in [0.29, 0.717) is 13.1 Å². The molecule has 21 heavy (non-hydrogen) atoms.